The summed E-state index contributed by atoms with van der Waals surface area (Å²) in [7, 11) is 3.18. The summed E-state index contributed by atoms with van der Waals surface area (Å²) in [5, 5.41) is 0. The highest BCUT2D eigenvalue weighted by molar-refractivity contribution is 5.64. The van der Waals surface area contributed by atoms with Crippen molar-refractivity contribution in [3.63, 3.8) is 0 Å². The molecule has 0 bridgehead atoms. The van der Waals surface area contributed by atoms with E-state index in [4.69, 9.17) is 23.9 Å². The van der Waals surface area contributed by atoms with Crippen LogP contribution in [0.2, 0.25) is 0 Å². The number of H-pyrrole nitrogens is 1. The van der Waals surface area contributed by atoms with Crippen LogP contribution < -0.4 is 29.4 Å². The van der Waals surface area contributed by atoms with Gasteiger partial charge in [0.1, 0.15) is 0 Å². The summed E-state index contributed by atoms with van der Waals surface area (Å²) in [5.74, 6) is 3.41. The molecule has 1 N–H and O–H groups in total. The smallest absolute Gasteiger partial charge is 0.252 e. The van der Waals surface area contributed by atoms with Crippen LogP contribution in [0.4, 0.5) is 5.95 Å². The summed E-state index contributed by atoms with van der Waals surface area (Å²) in [4.78, 5) is 24.5. The van der Waals surface area contributed by atoms with Crippen molar-refractivity contribution in [3.05, 3.63) is 58.4 Å². The third-order valence-electron chi connectivity index (χ3n) is 5.92. The fourth-order valence-electron chi connectivity index (χ4n) is 4.15. The molecule has 0 amide bonds. The predicted molar refractivity (Wildman–Crippen MR) is 123 cm³/mol. The van der Waals surface area contributed by atoms with Gasteiger partial charge in [0.15, 0.2) is 23.0 Å². The lowest BCUT2D eigenvalue weighted by Crippen LogP contribution is -2.47. The third-order valence-corrected chi connectivity index (χ3v) is 5.92. The number of nitrogens with zero attached hydrogens (tertiary/aromatic N) is 3. The molecule has 0 spiro atoms. The van der Waals surface area contributed by atoms with Gasteiger partial charge in [-0.3, -0.25) is 14.7 Å². The van der Waals surface area contributed by atoms with E-state index in [-0.39, 0.29) is 12.4 Å². The number of nitrogens with one attached hydrogen (secondary N) is 1. The van der Waals surface area contributed by atoms with Crippen LogP contribution in [0.3, 0.4) is 0 Å². The van der Waals surface area contributed by atoms with E-state index in [1.54, 1.807) is 14.2 Å². The molecule has 0 aliphatic carbocycles. The van der Waals surface area contributed by atoms with Gasteiger partial charge in [-0.2, -0.15) is 0 Å². The van der Waals surface area contributed by atoms with E-state index in [1.165, 1.54) is 11.6 Å². The fraction of sp³-hybridized carbons (Fsp3) is 0.333. The molecule has 33 heavy (non-hydrogen) atoms. The van der Waals surface area contributed by atoms with Crippen molar-refractivity contribution in [2.75, 3.05) is 52.1 Å². The Hall–Kier alpha value is -3.72. The molecule has 2 aromatic carbocycles. The standard InChI is InChI=1S/C24H26N4O5/c1-30-19-6-4-17(12-21(19)31-2)18-13-23(29)26-24(25-18)28-9-7-27(8-10-28)14-16-3-5-20-22(11-16)33-15-32-20/h3-6,11-13H,7-10,14-15H2,1-2H3,(H,25,26,29). The molecule has 172 valence electrons. The molecule has 9 heteroatoms. The summed E-state index contributed by atoms with van der Waals surface area (Å²) in [6.45, 7) is 4.37. The first-order valence-electron chi connectivity index (χ1n) is 10.8. The molecular formula is C24H26N4O5. The number of benzene rings is 2. The second-order valence-electron chi connectivity index (χ2n) is 7.97. The lowest BCUT2D eigenvalue weighted by molar-refractivity contribution is 0.174. The molecule has 5 rings (SSSR count). The highest BCUT2D eigenvalue weighted by Gasteiger charge is 2.21. The van der Waals surface area contributed by atoms with Gasteiger partial charge < -0.3 is 23.8 Å². The highest BCUT2D eigenvalue weighted by Crippen LogP contribution is 2.33. The van der Waals surface area contributed by atoms with Gasteiger partial charge in [0.2, 0.25) is 12.7 Å². The normalized spacial score (nSPS) is 15.5. The van der Waals surface area contributed by atoms with Crippen LogP contribution in [0.25, 0.3) is 11.3 Å². The largest absolute Gasteiger partial charge is 0.493 e. The molecule has 3 heterocycles. The monoisotopic (exact) mass is 450 g/mol. The van der Waals surface area contributed by atoms with Gasteiger partial charge in [0, 0.05) is 44.4 Å². The first kappa shape index (κ1) is 21.1. The fourth-order valence-corrected chi connectivity index (χ4v) is 4.15. The quantitative estimate of drug-likeness (QED) is 0.613. The van der Waals surface area contributed by atoms with E-state index >= 15 is 0 Å². The minimum absolute atomic E-state index is 0.187. The van der Waals surface area contributed by atoms with E-state index in [9.17, 15) is 4.79 Å². The van der Waals surface area contributed by atoms with Crippen molar-refractivity contribution in [1.29, 1.82) is 0 Å². The van der Waals surface area contributed by atoms with Gasteiger partial charge in [-0.15, -0.1) is 0 Å². The molecule has 3 aromatic rings. The SMILES string of the molecule is COc1ccc(-c2cc(=O)[nH]c(N3CCN(Cc4ccc5c(c4)OCO5)CC3)n2)cc1OC. The average Bonchev–Trinajstić information content (AvgIpc) is 3.31. The Balaban J connectivity index is 1.28. The number of fused-ring (bicyclic) bond motifs is 1. The lowest BCUT2D eigenvalue weighted by Gasteiger charge is -2.35. The second kappa shape index (κ2) is 9.03. The second-order valence-corrected chi connectivity index (χ2v) is 7.97. The number of piperazine rings is 1. The third kappa shape index (κ3) is 4.45. The number of hydrogen-bond acceptors (Lipinski definition) is 8. The molecule has 0 radical (unpaired) electrons. The zero-order valence-corrected chi connectivity index (χ0v) is 18.7. The maximum absolute atomic E-state index is 12.4. The molecule has 0 unspecified atom stereocenters. The van der Waals surface area contributed by atoms with Crippen LogP contribution in [0.15, 0.2) is 47.3 Å². The van der Waals surface area contributed by atoms with Crippen molar-refractivity contribution in [1.82, 2.24) is 14.9 Å². The van der Waals surface area contributed by atoms with E-state index in [1.807, 2.05) is 30.3 Å². The molecule has 1 aromatic heterocycles. The van der Waals surface area contributed by atoms with Gasteiger partial charge in [-0.25, -0.2) is 4.98 Å². The van der Waals surface area contributed by atoms with Crippen LogP contribution in [0.5, 0.6) is 23.0 Å². The van der Waals surface area contributed by atoms with E-state index in [2.05, 4.69) is 20.9 Å². The van der Waals surface area contributed by atoms with Crippen LogP contribution in [0.1, 0.15) is 5.56 Å². The Morgan fingerprint density at radius 2 is 1.73 bits per heavy atom. The average molecular weight is 450 g/mol. The molecule has 2 aliphatic heterocycles. The number of aromatic nitrogens is 2. The minimum atomic E-state index is -0.187. The molecular weight excluding hydrogens is 424 g/mol. The zero-order valence-electron chi connectivity index (χ0n) is 18.7. The lowest BCUT2D eigenvalue weighted by atomic mass is 10.1. The summed E-state index contributed by atoms with van der Waals surface area (Å²) < 4.78 is 21.6. The van der Waals surface area contributed by atoms with Gasteiger partial charge in [0.25, 0.3) is 5.56 Å². The molecule has 0 saturated carbocycles. The Bertz CT molecular complexity index is 1200. The molecule has 1 saturated heterocycles. The highest BCUT2D eigenvalue weighted by atomic mass is 16.7. The van der Waals surface area contributed by atoms with E-state index in [0.717, 1.165) is 49.8 Å². The van der Waals surface area contributed by atoms with Gasteiger partial charge in [-0.05, 0) is 35.9 Å². The van der Waals surface area contributed by atoms with Crippen LogP contribution >= 0.6 is 0 Å². The summed E-state index contributed by atoms with van der Waals surface area (Å²) in [6.07, 6.45) is 0. The summed E-state index contributed by atoms with van der Waals surface area (Å²) in [5.41, 5.74) is 2.39. The molecule has 0 atom stereocenters. The van der Waals surface area contributed by atoms with Crippen LogP contribution in [-0.2, 0) is 6.54 Å². The van der Waals surface area contributed by atoms with Crippen molar-refractivity contribution in [2.24, 2.45) is 0 Å². The zero-order chi connectivity index (χ0) is 22.8. The van der Waals surface area contributed by atoms with E-state index < -0.39 is 0 Å². The number of rotatable bonds is 6. The maximum Gasteiger partial charge on any atom is 0.252 e. The van der Waals surface area contributed by atoms with Crippen molar-refractivity contribution in [3.8, 4) is 34.3 Å². The van der Waals surface area contributed by atoms with Crippen molar-refractivity contribution in [2.45, 2.75) is 6.54 Å². The summed E-state index contributed by atoms with van der Waals surface area (Å²) >= 11 is 0. The molecule has 2 aliphatic rings. The maximum atomic E-state index is 12.4. The topological polar surface area (TPSA) is 89.2 Å². The van der Waals surface area contributed by atoms with E-state index in [0.29, 0.717) is 23.1 Å². The minimum Gasteiger partial charge on any atom is -0.493 e. The number of aromatic amines is 1. The summed E-state index contributed by atoms with van der Waals surface area (Å²) in [6, 6.07) is 13.1. The number of hydrogen-bond donors (Lipinski definition) is 1. The van der Waals surface area contributed by atoms with Crippen LogP contribution in [0, 0.1) is 0 Å². The van der Waals surface area contributed by atoms with Gasteiger partial charge in [-0.1, -0.05) is 6.07 Å². The Labute approximate surface area is 191 Å². The first-order valence-corrected chi connectivity index (χ1v) is 10.8. The number of methoxy groups -OCH3 is 2. The van der Waals surface area contributed by atoms with Crippen molar-refractivity contribution >= 4 is 5.95 Å². The Kier molecular flexibility index (Phi) is 5.78. The van der Waals surface area contributed by atoms with Gasteiger partial charge in [0.05, 0.1) is 19.9 Å². The Morgan fingerprint density at radius 1 is 0.939 bits per heavy atom. The molecule has 9 nitrogen and oxygen atoms in total. The number of anilines is 1. The Morgan fingerprint density at radius 3 is 2.52 bits per heavy atom. The van der Waals surface area contributed by atoms with Gasteiger partial charge >= 0.3 is 0 Å². The number of ether oxygens (including phenoxy) is 4. The molecule has 1 fully saturated rings. The van der Waals surface area contributed by atoms with Crippen molar-refractivity contribution < 1.29 is 18.9 Å². The van der Waals surface area contributed by atoms with Crippen LogP contribution in [-0.4, -0.2) is 62.1 Å². The first-order chi connectivity index (χ1) is 16.1. The predicted octanol–water partition coefficient (Wildman–Crippen LogP) is 2.51.